The number of nitrogens with one attached hydrogen (secondary N) is 1. The number of nitrogens with zero attached hydrogens (tertiary/aromatic N) is 1. The van der Waals surface area contributed by atoms with Gasteiger partial charge in [0.1, 0.15) is 5.54 Å². The number of urea groups is 1. The Bertz CT molecular complexity index is 408. The fraction of sp³-hybridized carbons (Fsp3) is 0.867. The third kappa shape index (κ3) is 2.91. The first-order chi connectivity index (χ1) is 9.24. The number of aliphatic carboxylic acids is 1. The SMILES string of the molecule is CC1(C)CCC(NC(=O)N2CCCCC2(C)C(=O)O)C1. The van der Waals surface area contributed by atoms with Gasteiger partial charge in [0.2, 0.25) is 0 Å². The van der Waals surface area contributed by atoms with Crippen molar-refractivity contribution in [2.45, 2.75) is 70.9 Å². The largest absolute Gasteiger partial charge is 0.480 e. The van der Waals surface area contributed by atoms with Gasteiger partial charge in [-0.2, -0.15) is 0 Å². The molecular weight excluding hydrogens is 256 g/mol. The van der Waals surface area contributed by atoms with Gasteiger partial charge in [-0.3, -0.25) is 0 Å². The van der Waals surface area contributed by atoms with Gasteiger partial charge in [-0.25, -0.2) is 9.59 Å². The molecule has 2 aliphatic rings. The topological polar surface area (TPSA) is 69.6 Å². The van der Waals surface area contributed by atoms with Gasteiger partial charge in [0.15, 0.2) is 0 Å². The summed E-state index contributed by atoms with van der Waals surface area (Å²) < 4.78 is 0. The maximum Gasteiger partial charge on any atom is 0.329 e. The third-order valence-electron chi connectivity index (χ3n) is 4.89. The number of hydrogen-bond acceptors (Lipinski definition) is 2. The van der Waals surface area contributed by atoms with Crippen LogP contribution >= 0.6 is 0 Å². The lowest BCUT2D eigenvalue weighted by atomic mass is 9.89. The molecule has 0 aromatic carbocycles. The fourth-order valence-corrected chi connectivity index (χ4v) is 3.48. The molecule has 1 saturated heterocycles. The van der Waals surface area contributed by atoms with Gasteiger partial charge >= 0.3 is 12.0 Å². The van der Waals surface area contributed by atoms with Crippen LogP contribution in [-0.4, -0.2) is 40.1 Å². The number of amides is 2. The highest BCUT2D eigenvalue weighted by Crippen LogP contribution is 2.37. The predicted molar refractivity (Wildman–Crippen MR) is 76.5 cm³/mol. The van der Waals surface area contributed by atoms with Crippen LogP contribution in [0.25, 0.3) is 0 Å². The Morgan fingerprint density at radius 1 is 1.20 bits per heavy atom. The van der Waals surface area contributed by atoms with Gasteiger partial charge in [-0.05, 0) is 50.9 Å². The van der Waals surface area contributed by atoms with Crippen molar-refractivity contribution < 1.29 is 14.7 Å². The van der Waals surface area contributed by atoms with E-state index < -0.39 is 11.5 Å². The van der Waals surface area contributed by atoms with E-state index in [9.17, 15) is 14.7 Å². The van der Waals surface area contributed by atoms with E-state index in [2.05, 4.69) is 19.2 Å². The molecule has 20 heavy (non-hydrogen) atoms. The molecule has 1 aliphatic heterocycles. The Balaban J connectivity index is 2.02. The molecule has 2 fully saturated rings. The molecule has 2 unspecified atom stereocenters. The van der Waals surface area contributed by atoms with E-state index in [1.165, 1.54) is 4.90 Å². The van der Waals surface area contributed by atoms with E-state index >= 15 is 0 Å². The van der Waals surface area contributed by atoms with Crippen molar-refractivity contribution in [3.05, 3.63) is 0 Å². The van der Waals surface area contributed by atoms with Gasteiger partial charge < -0.3 is 15.3 Å². The van der Waals surface area contributed by atoms with Crippen LogP contribution in [0, 0.1) is 5.41 Å². The number of carbonyl (C=O) groups is 2. The lowest BCUT2D eigenvalue weighted by Crippen LogP contribution is -2.60. The van der Waals surface area contributed by atoms with Crippen LogP contribution in [0.1, 0.15) is 59.3 Å². The zero-order valence-electron chi connectivity index (χ0n) is 12.7. The van der Waals surface area contributed by atoms with Crippen LogP contribution in [0.5, 0.6) is 0 Å². The minimum Gasteiger partial charge on any atom is -0.480 e. The van der Waals surface area contributed by atoms with Crippen LogP contribution in [0.2, 0.25) is 0 Å². The molecule has 1 saturated carbocycles. The van der Waals surface area contributed by atoms with E-state index in [4.69, 9.17) is 0 Å². The molecule has 0 radical (unpaired) electrons. The second kappa shape index (κ2) is 5.26. The summed E-state index contributed by atoms with van der Waals surface area (Å²) in [5.74, 6) is -0.904. The standard InChI is InChI=1S/C15H26N2O3/c1-14(2)8-6-11(10-14)16-13(20)17-9-5-4-7-15(17,3)12(18)19/h11H,4-10H2,1-3H3,(H,16,20)(H,18,19). The van der Waals surface area contributed by atoms with Crippen LogP contribution in [-0.2, 0) is 4.79 Å². The minimum atomic E-state index is -1.06. The van der Waals surface area contributed by atoms with Gasteiger partial charge in [0.05, 0.1) is 0 Å². The van der Waals surface area contributed by atoms with Crippen molar-refractivity contribution in [1.82, 2.24) is 10.2 Å². The van der Waals surface area contributed by atoms with Gasteiger partial charge in [-0.15, -0.1) is 0 Å². The number of carboxylic acid groups (broad SMARTS) is 1. The lowest BCUT2D eigenvalue weighted by Gasteiger charge is -2.42. The molecule has 0 spiro atoms. The molecule has 2 N–H and O–H groups in total. The Morgan fingerprint density at radius 2 is 1.90 bits per heavy atom. The number of rotatable bonds is 2. The first kappa shape index (κ1) is 15.1. The van der Waals surface area contributed by atoms with Gasteiger partial charge in [0.25, 0.3) is 0 Å². The summed E-state index contributed by atoms with van der Waals surface area (Å²) in [5.41, 5.74) is -0.785. The first-order valence-electron chi connectivity index (χ1n) is 7.56. The second-order valence-corrected chi connectivity index (χ2v) is 7.24. The van der Waals surface area contributed by atoms with E-state index in [0.717, 1.165) is 32.1 Å². The van der Waals surface area contributed by atoms with E-state index in [-0.39, 0.29) is 17.5 Å². The first-order valence-corrected chi connectivity index (χ1v) is 7.56. The van der Waals surface area contributed by atoms with E-state index in [1.807, 2.05) is 0 Å². The highest BCUT2D eigenvalue weighted by Gasteiger charge is 2.44. The predicted octanol–water partition coefficient (Wildman–Crippen LogP) is 2.60. The Morgan fingerprint density at radius 3 is 2.45 bits per heavy atom. The molecule has 0 bridgehead atoms. The molecule has 1 heterocycles. The van der Waals surface area contributed by atoms with Crippen LogP contribution in [0.4, 0.5) is 4.79 Å². The second-order valence-electron chi connectivity index (χ2n) is 7.24. The number of likely N-dealkylation sites (tertiary alicyclic amines) is 1. The monoisotopic (exact) mass is 282 g/mol. The molecule has 2 atom stereocenters. The highest BCUT2D eigenvalue weighted by atomic mass is 16.4. The summed E-state index contributed by atoms with van der Waals surface area (Å²) in [7, 11) is 0. The van der Waals surface area contributed by atoms with Gasteiger partial charge in [-0.1, -0.05) is 13.8 Å². The fourth-order valence-electron chi connectivity index (χ4n) is 3.48. The number of piperidine rings is 1. The quantitative estimate of drug-likeness (QED) is 0.818. The smallest absolute Gasteiger partial charge is 0.329 e. The molecule has 1 aliphatic carbocycles. The molecule has 114 valence electrons. The summed E-state index contributed by atoms with van der Waals surface area (Å²) in [6.45, 7) is 6.61. The van der Waals surface area contributed by atoms with Gasteiger partial charge in [0, 0.05) is 12.6 Å². The van der Waals surface area contributed by atoms with Crippen LogP contribution < -0.4 is 5.32 Å². The minimum absolute atomic E-state index is 0.178. The van der Waals surface area contributed by atoms with Crippen LogP contribution in [0.15, 0.2) is 0 Å². The average molecular weight is 282 g/mol. The Labute approximate surface area is 120 Å². The zero-order chi connectivity index (χ0) is 15.0. The molecule has 2 rings (SSSR count). The maximum absolute atomic E-state index is 12.4. The summed E-state index contributed by atoms with van der Waals surface area (Å²) in [6.07, 6.45) is 5.34. The average Bonchev–Trinajstić information content (AvgIpc) is 2.68. The molecule has 0 aromatic rings. The number of hydrogen-bond donors (Lipinski definition) is 2. The summed E-state index contributed by atoms with van der Waals surface area (Å²) in [6, 6.07) is -0.0326. The molecule has 5 heteroatoms. The van der Waals surface area contributed by atoms with Crippen molar-refractivity contribution in [3.63, 3.8) is 0 Å². The summed E-state index contributed by atoms with van der Waals surface area (Å²) in [4.78, 5) is 25.5. The molecule has 5 nitrogen and oxygen atoms in total. The zero-order valence-corrected chi connectivity index (χ0v) is 12.7. The van der Waals surface area contributed by atoms with Crippen molar-refractivity contribution in [2.24, 2.45) is 5.41 Å². The van der Waals surface area contributed by atoms with Crippen molar-refractivity contribution in [3.8, 4) is 0 Å². The van der Waals surface area contributed by atoms with Crippen molar-refractivity contribution >= 4 is 12.0 Å². The summed E-state index contributed by atoms with van der Waals surface area (Å²) >= 11 is 0. The number of carboxylic acids is 1. The highest BCUT2D eigenvalue weighted by molar-refractivity contribution is 5.86. The normalized spacial score (nSPS) is 33.0. The molecule has 2 amide bonds. The number of carbonyl (C=O) groups excluding carboxylic acids is 1. The van der Waals surface area contributed by atoms with Crippen molar-refractivity contribution in [2.75, 3.05) is 6.54 Å². The third-order valence-corrected chi connectivity index (χ3v) is 4.89. The van der Waals surface area contributed by atoms with E-state index in [1.54, 1.807) is 6.92 Å². The summed E-state index contributed by atoms with van der Waals surface area (Å²) in [5, 5.41) is 12.5. The maximum atomic E-state index is 12.4. The Hall–Kier alpha value is -1.26. The lowest BCUT2D eigenvalue weighted by molar-refractivity contribution is -0.150. The van der Waals surface area contributed by atoms with Crippen molar-refractivity contribution in [1.29, 1.82) is 0 Å². The Kier molecular flexibility index (Phi) is 3.98. The molecule has 0 aromatic heterocycles. The molecular formula is C15H26N2O3. The van der Waals surface area contributed by atoms with Crippen LogP contribution in [0.3, 0.4) is 0 Å². The van der Waals surface area contributed by atoms with E-state index in [0.29, 0.717) is 13.0 Å².